The van der Waals surface area contributed by atoms with Crippen molar-refractivity contribution in [3.8, 4) is 0 Å². The number of carbonyl (C=O) groups is 6. The number of rotatable bonds is 25. The predicted octanol–water partition coefficient (Wildman–Crippen LogP) is 8.75. The molecule has 1 aliphatic rings. The molecule has 15 nitrogen and oxygen atoms in total. The summed E-state index contributed by atoms with van der Waals surface area (Å²) < 4.78 is 47.8. The Bertz CT molecular complexity index is 2420. The number of benzene rings is 5. The number of hydrogen-bond donors (Lipinski definition) is 0. The molecule has 0 N–H and O–H groups in total. The average Bonchev–Trinajstić information content (AvgIpc) is 3.38. The Balaban J connectivity index is 1.10. The molecule has 0 aliphatic carbocycles. The number of ether oxygens (including phenoxy) is 8. The molecule has 70 heavy (non-hydrogen) atoms. The van der Waals surface area contributed by atoms with Crippen molar-refractivity contribution in [2.75, 3.05) is 19.8 Å². The van der Waals surface area contributed by atoms with Gasteiger partial charge >= 0.3 is 30.0 Å². The van der Waals surface area contributed by atoms with Crippen LogP contribution in [0.25, 0.3) is 0 Å². The maximum absolute atomic E-state index is 13.7. The lowest BCUT2D eigenvalue weighted by molar-refractivity contribution is -0.310. The van der Waals surface area contributed by atoms with Gasteiger partial charge in [0, 0.05) is 33.0 Å². The molecule has 0 aromatic heterocycles. The van der Waals surface area contributed by atoms with Gasteiger partial charge in [-0.2, -0.15) is 0 Å². The highest BCUT2D eigenvalue weighted by atomic mass is 16.7. The van der Waals surface area contributed by atoms with Crippen molar-refractivity contribution < 1.29 is 66.7 Å². The molecule has 0 saturated carbocycles. The summed E-state index contributed by atoms with van der Waals surface area (Å²) in [4.78, 5) is 78.4. The number of unbranched alkanes of at least 4 members (excludes halogenated alkanes) is 2. The van der Waals surface area contributed by atoms with Crippen molar-refractivity contribution in [2.45, 2.75) is 103 Å². The smallest absolute Gasteiger partial charge is 0.410 e. The van der Waals surface area contributed by atoms with Crippen molar-refractivity contribution in [1.82, 2.24) is 4.90 Å². The molecule has 1 heterocycles. The molecule has 0 bridgehead atoms. The normalized spacial score (nSPS) is 17.4. The Kier molecular flexibility index (Phi) is 20.7. The Morgan fingerprint density at radius 2 is 1.07 bits per heavy atom. The Hall–Kier alpha value is -7.20. The minimum atomic E-state index is -1.29. The zero-order valence-electron chi connectivity index (χ0n) is 39.4. The number of esters is 4. The topological polar surface area (TPSA) is 179 Å². The molecule has 6 rings (SSSR count). The van der Waals surface area contributed by atoms with Gasteiger partial charge in [0.1, 0.15) is 37.8 Å². The Morgan fingerprint density at radius 3 is 1.67 bits per heavy atom. The van der Waals surface area contributed by atoms with Crippen molar-refractivity contribution in [3.63, 3.8) is 0 Å². The van der Waals surface area contributed by atoms with Crippen LogP contribution in [0.2, 0.25) is 0 Å². The van der Waals surface area contributed by atoms with Gasteiger partial charge in [0.05, 0.1) is 24.2 Å². The van der Waals surface area contributed by atoms with E-state index >= 15 is 0 Å². The fourth-order valence-corrected chi connectivity index (χ4v) is 7.42. The van der Waals surface area contributed by atoms with Gasteiger partial charge in [-0.05, 0) is 72.7 Å². The fourth-order valence-electron chi connectivity index (χ4n) is 7.42. The van der Waals surface area contributed by atoms with Crippen LogP contribution in [-0.4, -0.2) is 91.1 Å². The molecule has 1 aliphatic heterocycles. The van der Waals surface area contributed by atoms with Crippen LogP contribution in [0.3, 0.4) is 0 Å². The van der Waals surface area contributed by atoms with E-state index in [2.05, 4.69) is 0 Å². The molecule has 5 aromatic carbocycles. The van der Waals surface area contributed by atoms with E-state index in [1.807, 2.05) is 91.0 Å². The third kappa shape index (κ3) is 17.1. The van der Waals surface area contributed by atoms with Gasteiger partial charge in [-0.25, -0.2) is 14.4 Å². The predicted molar refractivity (Wildman–Crippen MR) is 255 cm³/mol. The molecule has 1 saturated heterocycles. The van der Waals surface area contributed by atoms with Crippen LogP contribution in [0.4, 0.5) is 4.79 Å². The zero-order chi connectivity index (χ0) is 49.5. The summed E-state index contributed by atoms with van der Waals surface area (Å²) in [5.41, 5.74) is 3.97. The highest BCUT2D eigenvalue weighted by Crippen LogP contribution is 2.32. The fraction of sp³-hybridized carbons (Fsp3) is 0.345. The molecule has 5 aromatic rings. The average molecular weight is 958 g/mol. The van der Waals surface area contributed by atoms with E-state index in [1.54, 1.807) is 59.5 Å². The third-order valence-electron chi connectivity index (χ3n) is 11.1. The third-order valence-corrected chi connectivity index (χ3v) is 11.1. The number of Topliss-reactive ketones (excluding diaryl/α,β-unsaturated/α-hetero) is 1. The first-order valence-electron chi connectivity index (χ1n) is 23.3. The van der Waals surface area contributed by atoms with Gasteiger partial charge in [-0.3, -0.25) is 9.59 Å². The first kappa shape index (κ1) is 52.2. The van der Waals surface area contributed by atoms with E-state index in [4.69, 9.17) is 37.9 Å². The van der Waals surface area contributed by atoms with E-state index in [0.29, 0.717) is 37.9 Å². The van der Waals surface area contributed by atoms with E-state index in [1.165, 1.54) is 13.8 Å². The molecule has 1 fully saturated rings. The van der Waals surface area contributed by atoms with Gasteiger partial charge in [-0.1, -0.05) is 121 Å². The molecule has 368 valence electrons. The second-order valence-corrected chi connectivity index (χ2v) is 16.7. The van der Waals surface area contributed by atoms with E-state index in [-0.39, 0.29) is 57.2 Å². The van der Waals surface area contributed by atoms with Gasteiger partial charge in [-0.15, -0.1) is 0 Å². The summed E-state index contributed by atoms with van der Waals surface area (Å²) in [5.74, 6) is -2.67. The summed E-state index contributed by atoms with van der Waals surface area (Å²) in [6.45, 7) is 3.19. The summed E-state index contributed by atoms with van der Waals surface area (Å²) in [5, 5.41) is 0. The largest absolute Gasteiger partial charge is 0.463 e. The Labute approximate surface area is 407 Å². The molecule has 0 spiro atoms. The minimum Gasteiger partial charge on any atom is -0.463 e. The van der Waals surface area contributed by atoms with Crippen molar-refractivity contribution in [2.24, 2.45) is 0 Å². The van der Waals surface area contributed by atoms with Gasteiger partial charge < -0.3 is 47.6 Å². The minimum absolute atomic E-state index is 0.0156. The number of nitrogens with zero attached hydrogens (tertiary/aromatic N) is 1. The maximum atomic E-state index is 13.7. The number of amides is 1. The number of ketones is 1. The highest BCUT2D eigenvalue weighted by Gasteiger charge is 2.52. The molecule has 15 heteroatoms. The van der Waals surface area contributed by atoms with Crippen molar-refractivity contribution in [1.29, 1.82) is 0 Å². The quantitative estimate of drug-likeness (QED) is 0.0308. The first-order valence-corrected chi connectivity index (χ1v) is 23.3. The standard InChI is InChI=1S/C55H59NO14/c1-39(57)26-31-48(59)69-49-47(38-64-40(2)58)68-54(51(70-53(61)46-24-14-6-15-25-46)50(49)65-35-42-20-10-4-11-21-42)63-33-17-7-16-32-56(34-41-18-8-3-9-19-41)55(62)67-37-44-29-27-43(28-30-44)36-66-52(60)45-22-12-5-13-23-45/h3-6,8-15,18-25,27-30,47,49-51,54H,7,16-17,26,31-38H2,1-2H3/t47-,49+,50-,51+,54+/m0/s1. The van der Waals surface area contributed by atoms with Gasteiger partial charge in [0.15, 0.2) is 18.5 Å². The van der Waals surface area contributed by atoms with Crippen LogP contribution in [0.15, 0.2) is 146 Å². The Morgan fingerprint density at radius 1 is 0.514 bits per heavy atom. The van der Waals surface area contributed by atoms with Crippen molar-refractivity contribution in [3.05, 3.63) is 179 Å². The summed E-state index contributed by atoms with van der Waals surface area (Å²) in [6.07, 6.45) is -5.23. The second kappa shape index (κ2) is 27.7. The molecular formula is C55H59NO14. The maximum Gasteiger partial charge on any atom is 0.410 e. The summed E-state index contributed by atoms with van der Waals surface area (Å²) in [6, 6.07) is 43.2. The lowest BCUT2D eigenvalue weighted by Crippen LogP contribution is -2.62. The van der Waals surface area contributed by atoms with E-state index in [9.17, 15) is 28.8 Å². The molecule has 1 amide bonds. The molecule has 0 unspecified atom stereocenters. The highest BCUT2D eigenvalue weighted by molar-refractivity contribution is 5.90. The van der Waals surface area contributed by atoms with Crippen LogP contribution < -0.4 is 0 Å². The van der Waals surface area contributed by atoms with E-state index in [0.717, 1.165) is 22.3 Å². The van der Waals surface area contributed by atoms with Crippen LogP contribution in [0, 0.1) is 0 Å². The van der Waals surface area contributed by atoms with Crippen LogP contribution >= 0.6 is 0 Å². The van der Waals surface area contributed by atoms with Gasteiger partial charge in [0.25, 0.3) is 0 Å². The summed E-state index contributed by atoms with van der Waals surface area (Å²) >= 11 is 0. The molecule has 5 atom stereocenters. The monoisotopic (exact) mass is 957 g/mol. The number of carbonyl (C=O) groups excluding carboxylic acids is 6. The lowest BCUT2D eigenvalue weighted by atomic mass is 9.97. The van der Waals surface area contributed by atoms with Crippen LogP contribution in [0.1, 0.15) is 88.9 Å². The SMILES string of the molecule is CC(=O)CCC(=O)O[C@H]1[C@H](OCc2ccccc2)[C@@H](OC(=O)c2ccccc2)[C@H](OCCCCCN(Cc2ccccc2)C(=O)OCc2ccc(COC(=O)c3ccccc3)cc2)O[C@H]1COC(C)=O. The molecular weight excluding hydrogens is 899 g/mol. The lowest BCUT2D eigenvalue weighted by Gasteiger charge is -2.44. The number of hydrogen-bond acceptors (Lipinski definition) is 14. The van der Waals surface area contributed by atoms with Crippen LogP contribution in [-0.2, 0) is 78.6 Å². The first-order chi connectivity index (χ1) is 34.0. The zero-order valence-corrected chi connectivity index (χ0v) is 39.4. The van der Waals surface area contributed by atoms with E-state index < -0.39 is 60.7 Å². The van der Waals surface area contributed by atoms with Crippen molar-refractivity contribution >= 4 is 35.8 Å². The van der Waals surface area contributed by atoms with Crippen LogP contribution in [0.5, 0.6) is 0 Å². The van der Waals surface area contributed by atoms with Gasteiger partial charge in [0.2, 0.25) is 0 Å². The second-order valence-electron chi connectivity index (χ2n) is 16.7. The summed E-state index contributed by atoms with van der Waals surface area (Å²) in [7, 11) is 0. The molecule has 0 radical (unpaired) electrons.